The van der Waals surface area contributed by atoms with E-state index in [1.807, 2.05) is 65.6 Å². The van der Waals surface area contributed by atoms with E-state index in [9.17, 15) is 19.2 Å². The van der Waals surface area contributed by atoms with Gasteiger partial charge in [0.15, 0.2) is 0 Å². The zero-order valence-electron chi connectivity index (χ0n) is 23.7. The van der Waals surface area contributed by atoms with Crippen LogP contribution in [0.5, 0.6) is 0 Å². The first kappa shape index (κ1) is 28.5. The van der Waals surface area contributed by atoms with E-state index < -0.39 is 17.7 Å². The van der Waals surface area contributed by atoms with E-state index in [-0.39, 0.29) is 36.7 Å². The van der Waals surface area contributed by atoms with Crippen molar-refractivity contribution >= 4 is 34.4 Å². The zero-order chi connectivity index (χ0) is 28.9. The van der Waals surface area contributed by atoms with Crippen molar-refractivity contribution in [3.63, 3.8) is 0 Å². The Hall–Kier alpha value is -3.98. The summed E-state index contributed by atoms with van der Waals surface area (Å²) in [6.45, 7) is 6.11. The van der Waals surface area contributed by atoms with Crippen LogP contribution in [0.4, 0.5) is 0 Å². The monoisotopic (exact) mass is 557 g/mol. The van der Waals surface area contributed by atoms with Crippen LogP contribution in [0.3, 0.4) is 0 Å². The molecule has 2 saturated heterocycles. The maximum absolute atomic E-state index is 13.7. The molecule has 3 heterocycles. The van der Waals surface area contributed by atoms with Gasteiger partial charge in [-0.3, -0.25) is 19.2 Å². The molecule has 0 saturated carbocycles. The van der Waals surface area contributed by atoms with Crippen LogP contribution in [0.15, 0.2) is 60.7 Å². The van der Waals surface area contributed by atoms with Gasteiger partial charge in [-0.05, 0) is 48.8 Å². The second kappa shape index (κ2) is 12.7. The molecular weight excluding hydrogens is 518 g/mol. The van der Waals surface area contributed by atoms with Crippen LogP contribution >= 0.6 is 0 Å². The Morgan fingerprint density at radius 3 is 2.51 bits per heavy atom. The third-order valence-corrected chi connectivity index (χ3v) is 8.53. The molecule has 4 unspecified atom stereocenters. The summed E-state index contributed by atoms with van der Waals surface area (Å²) in [5.41, 5.74) is 2.34. The normalized spacial score (nSPS) is 21.3. The Kier molecular flexibility index (Phi) is 8.83. The lowest BCUT2D eigenvalue weighted by atomic mass is 9.92. The van der Waals surface area contributed by atoms with Crippen molar-refractivity contribution in [3.8, 4) is 0 Å². The summed E-state index contributed by atoms with van der Waals surface area (Å²) in [6.07, 6.45) is 1.65. The van der Waals surface area contributed by atoms with Crippen molar-refractivity contribution < 1.29 is 19.2 Å². The highest BCUT2D eigenvalue weighted by Gasteiger charge is 2.39. The van der Waals surface area contributed by atoms with Crippen LogP contribution in [-0.2, 0) is 20.9 Å². The molecule has 2 aromatic carbocycles. The molecule has 0 aliphatic carbocycles. The van der Waals surface area contributed by atoms with Gasteiger partial charge in [-0.25, -0.2) is 0 Å². The van der Waals surface area contributed by atoms with Gasteiger partial charge in [-0.15, -0.1) is 0 Å². The molecular formula is C32H39N5O4. The van der Waals surface area contributed by atoms with Crippen molar-refractivity contribution in [1.82, 2.24) is 25.8 Å². The molecule has 2 fully saturated rings. The summed E-state index contributed by atoms with van der Waals surface area (Å²) in [7, 11) is 0. The Bertz CT molecular complexity index is 1370. The Morgan fingerprint density at radius 2 is 1.80 bits per heavy atom. The number of fused-ring (bicyclic) bond motifs is 1. The number of amides is 3. The first-order valence-electron chi connectivity index (χ1n) is 14.6. The van der Waals surface area contributed by atoms with E-state index in [0.717, 1.165) is 22.9 Å². The molecule has 4 N–H and O–H groups in total. The Balaban J connectivity index is 1.30. The molecule has 216 valence electrons. The number of nitrogens with zero attached hydrogens (tertiary/aromatic N) is 1. The minimum absolute atomic E-state index is 0.0743. The molecule has 2 aliphatic heterocycles. The fourth-order valence-corrected chi connectivity index (χ4v) is 5.96. The Morgan fingerprint density at radius 1 is 1.05 bits per heavy atom. The first-order chi connectivity index (χ1) is 19.8. The number of aromatic amines is 1. The summed E-state index contributed by atoms with van der Waals surface area (Å²) in [4.78, 5) is 57.5. The third-order valence-electron chi connectivity index (χ3n) is 8.53. The average molecular weight is 558 g/mol. The quantitative estimate of drug-likeness (QED) is 0.270. The minimum atomic E-state index is -0.831. The predicted molar refractivity (Wildman–Crippen MR) is 157 cm³/mol. The van der Waals surface area contributed by atoms with Gasteiger partial charge in [-0.1, -0.05) is 62.4 Å². The van der Waals surface area contributed by atoms with E-state index in [4.69, 9.17) is 0 Å². The van der Waals surface area contributed by atoms with Crippen LogP contribution < -0.4 is 16.0 Å². The number of hydrogen-bond acceptors (Lipinski definition) is 5. The molecule has 0 spiro atoms. The zero-order valence-corrected chi connectivity index (χ0v) is 23.7. The Labute approximate surface area is 240 Å². The fourth-order valence-electron chi connectivity index (χ4n) is 5.96. The van der Waals surface area contributed by atoms with Gasteiger partial charge in [0.1, 0.15) is 5.69 Å². The highest BCUT2D eigenvalue weighted by molar-refractivity contribution is 6.38. The van der Waals surface area contributed by atoms with Crippen molar-refractivity contribution in [2.75, 3.05) is 19.6 Å². The van der Waals surface area contributed by atoms with Gasteiger partial charge < -0.3 is 25.8 Å². The van der Waals surface area contributed by atoms with Crippen molar-refractivity contribution in [3.05, 3.63) is 71.9 Å². The van der Waals surface area contributed by atoms with E-state index in [1.165, 1.54) is 0 Å². The van der Waals surface area contributed by atoms with Gasteiger partial charge >= 0.3 is 0 Å². The molecule has 5 rings (SSSR count). The number of H-pyrrole nitrogens is 1. The van der Waals surface area contributed by atoms with E-state index in [0.29, 0.717) is 43.6 Å². The van der Waals surface area contributed by atoms with Gasteiger partial charge in [0.2, 0.25) is 11.7 Å². The number of carbonyl (C=O) groups excluding carboxylic acids is 4. The number of ketones is 1. The number of hydrogen-bond donors (Lipinski definition) is 4. The lowest BCUT2D eigenvalue weighted by Gasteiger charge is -2.27. The maximum atomic E-state index is 13.7. The van der Waals surface area contributed by atoms with Crippen molar-refractivity contribution in [2.45, 2.75) is 51.7 Å². The summed E-state index contributed by atoms with van der Waals surface area (Å²) in [5.74, 6) is -1.06. The highest BCUT2D eigenvalue weighted by Crippen LogP contribution is 2.31. The number of Topliss-reactive ketones (excluding diaryl/α,β-unsaturated/α-hetero) is 1. The van der Waals surface area contributed by atoms with E-state index in [2.05, 4.69) is 34.8 Å². The van der Waals surface area contributed by atoms with Crippen LogP contribution in [0, 0.1) is 17.8 Å². The number of carbonyl (C=O) groups is 4. The second-order valence-corrected chi connectivity index (χ2v) is 11.6. The lowest BCUT2D eigenvalue weighted by Crippen LogP contribution is -2.50. The van der Waals surface area contributed by atoms with Crippen LogP contribution in [0.1, 0.15) is 49.2 Å². The molecule has 41 heavy (non-hydrogen) atoms. The molecule has 3 aromatic rings. The van der Waals surface area contributed by atoms with Gasteiger partial charge in [0.05, 0.1) is 6.04 Å². The van der Waals surface area contributed by atoms with Crippen molar-refractivity contribution in [1.29, 1.82) is 0 Å². The number of likely N-dealkylation sites (tertiary alicyclic amines) is 1. The second-order valence-electron chi connectivity index (χ2n) is 11.6. The maximum Gasteiger partial charge on any atom is 0.289 e. The van der Waals surface area contributed by atoms with E-state index >= 15 is 0 Å². The summed E-state index contributed by atoms with van der Waals surface area (Å²) in [5, 5.41) is 9.84. The van der Waals surface area contributed by atoms with E-state index in [1.54, 1.807) is 0 Å². The lowest BCUT2D eigenvalue weighted by molar-refractivity contribution is -0.139. The molecule has 0 bridgehead atoms. The number of aromatic nitrogens is 1. The molecule has 9 nitrogen and oxygen atoms in total. The number of rotatable bonds is 11. The predicted octanol–water partition coefficient (Wildman–Crippen LogP) is 3.02. The largest absolute Gasteiger partial charge is 0.356 e. The molecule has 4 atom stereocenters. The van der Waals surface area contributed by atoms with Crippen LogP contribution in [0.2, 0.25) is 0 Å². The molecule has 2 aliphatic rings. The standard InChI is InChI=1S/C32H39N5O4/c1-20(2)24-14-25(37(19-24)32(41)28-15-22-10-6-7-11-26(22)36-28)18-34-27(16-23-12-13-33-30(23)39)29(38)31(40)35-17-21-8-4-3-5-9-21/h3-11,15,20,23-25,27,34,36H,12-14,16-19H2,1-2H3,(H,33,39)(H,35,40). The smallest absolute Gasteiger partial charge is 0.289 e. The molecule has 3 amide bonds. The highest BCUT2D eigenvalue weighted by atomic mass is 16.2. The molecule has 0 radical (unpaired) electrons. The minimum Gasteiger partial charge on any atom is -0.356 e. The van der Waals surface area contributed by atoms with Gasteiger partial charge in [0, 0.05) is 49.0 Å². The number of para-hydroxylation sites is 1. The van der Waals surface area contributed by atoms with Crippen LogP contribution in [-0.4, -0.2) is 65.1 Å². The van der Waals surface area contributed by atoms with Gasteiger partial charge in [0.25, 0.3) is 11.8 Å². The van der Waals surface area contributed by atoms with Gasteiger partial charge in [-0.2, -0.15) is 0 Å². The van der Waals surface area contributed by atoms with Crippen LogP contribution in [0.25, 0.3) is 10.9 Å². The number of benzene rings is 2. The topological polar surface area (TPSA) is 123 Å². The SMILES string of the molecule is CC(C)C1CC(CNC(CC2CCNC2=O)C(=O)C(=O)NCc2ccccc2)N(C(=O)c2cc3ccccc3[nH]2)C1. The number of nitrogens with one attached hydrogen (secondary N) is 4. The van der Waals surface area contributed by atoms with Crippen molar-refractivity contribution in [2.24, 2.45) is 17.8 Å². The fraction of sp³-hybridized carbons (Fsp3) is 0.438. The average Bonchev–Trinajstić information content (AvgIpc) is 3.72. The summed E-state index contributed by atoms with van der Waals surface area (Å²) >= 11 is 0. The third kappa shape index (κ3) is 6.68. The molecule has 1 aromatic heterocycles. The first-order valence-corrected chi connectivity index (χ1v) is 14.6. The molecule has 9 heteroatoms. The summed E-state index contributed by atoms with van der Waals surface area (Å²) in [6, 6.07) is 18.1. The summed E-state index contributed by atoms with van der Waals surface area (Å²) < 4.78 is 0.